The highest BCUT2D eigenvalue weighted by Gasteiger charge is 2.20. The van der Waals surface area contributed by atoms with Crippen molar-refractivity contribution in [2.24, 2.45) is 0 Å². The van der Waals surface area contributed by atoms with Crippen LogP contribution in [0, 0.1) is 6.92 Å². The molecule has 0 fully saturated rings. The molecule has 0 radical (unpaired) electrons. The lowest BCUT2D eigenvalue weighted by Crippen LogP contribution is -2.13. The average Bonchev–Trinajstić information content (AvgIpc) is 3.11. The Bertz CT molecular complexity index is 1010. The minimum Gasteiger partial charge on any atom is -0.255 e. The number of benzene rings is 2. The van der Waals surface area contributed by atoms with E-state index in [9.17, 15) is 8.42 Å². The van der Waals surface area contributed by atoms with Crippen LogP contribution < -0.4 is 4.72 Å². The number of sulfonamides is 1. The van der Waals surface area contributed by atoms with E-state index >= 15 is 0 Å². The molecular formula is C17H16N2O2S2. The summed E-state index contributed by atoms with van der Waals surface area (Å²) in [7, 11) is -3.59. The van der Waals surface area contributed by atoms with Gasteiger partial charge in [0.1, 0.15) is 0 Å². The summed E-state index contributed by atoms with van der Waals surface area (Å²) in [5, 5.41) is 0.408. The highest BCUT2D eigenvalue weighted by atomic mass is 32.2. The number of aromatic nitrogens is 1. The third-order valence-corrected chi connectivity index (χ3v) is 6.55. The second-order valence-electron chi connectivity index (χ2n) is 5.88. The molecule has 0 aliphatic heterocycles. The number of rotatable bonds is 3. The Balaban J connectivity index is 1.68. The molecule has 6 heteroatoms. The summed E-state index contributed by atoms with van der Waals surface area (Å²) < 4.78 is 28.8. The quantitative estimate of drug-likeness (QED) is 0.784. The Hall–Kier alpha value is -1.92. The van der Waals surface area contributed by atoms with Gasteiger partial charge < -0.3 is 0 Å². The maximum absolute atomic E-state index is 12.6. The number of aryl methyl sites for hydroxylation is 3. The van der Waals surface area contributed by atoms with Crippen LogP contribution in [0.1, 0.15) is 23.1 Å². The summed E-state index contributed by atoms with van der Waals surface area (Å²) in [5.41, 5.74) is 4.36. The van der Waals surface area contributed by atoms with E-state index in [1.807, 2.05) is 31.2 Å². The lowest BCUT2D eigenvalue weighted by Gasteiger charge is -2.07. The largest absolute Gasteiger partial charge is 0.263 e. The summed E-state index contributed by atoms with van der Waals surface area (Å²) in [4.78, 5) is 4.68. The summed E-state index contributed by atoms with van der Waals surface area (Å²) in [5.74, 6) is 0. The van der Waals surface area contributed by atoms with Crippen LogP contribution in [0.2, 0.25) is 0 Å². The smallest absolute Gasteiger partial charge is 0.255 e. The molecule has 0 amide bonds. The Morgan fingerprint density at radius 1 is 1.09 bits per heavy atom. The molecule has 4 nitrogen and oxygen atoms in total. The van der Waals surface area contributed by atoms with Gasteiger partial charge in [-0.2, -0.15) is 0 Å². The van der Waals surface area contributed by atoms with Crippen molar-refractivity contribution < 1.29 is 8.42 Å². The lowest BCUT2D eigenvalue weighted by molar-refractivity contribution is 0.601. The van der Waals surface area contributed by atoms with Gasteiger partial charge in [-0.1, -0.05) is 23.5 Å². The van der Waals surface area contributed by atoms with Crippen molar-refractivity contribution >= 4 is 36.7 Å². The van der Waals surface area contributed by atoms with Crippen molar-refractivity contribution in [3.8, 4) is 0 Å². The second kappa shape index (κ2) is 5.32. The van der Waals surface area contributed by atoms with Gasteiger partial charge in [-0.05, 0) is 67.1 Å². The van der Waals surface area contributed by atoms with E-state index in [1.54, 1.807) is 12.1 Å². The molecule has 23 heavy (non-hydrogen) atoms. The Morgan fingerprint density at radius 2 is 1.91 bits per heavy atom. The third-order valence-electron chi connectivity index (χ3n) is 4.15. The Kier molecular flexibility index (Phi) is 3.39. The summed E-state index contributed by atoms with van der Waals surface area (Å²) >= 11 is 1.36. The molecule has 3 aromatic rings. The molecule has 0 spiro atoms. The number of hydrogen-bond acceptors (Lipinski definition) is 4. The molecule has 0 saturated carbocycles. The van der Waals surface area contributed by atoms with E-state index in [-0.39, 0.29) is 0 Å². The second-order valence-corrected chi connectivity index (χ2v) is 8.59. The zero-order valence-electron chi connectivity index (χ0n) is 12.7. The van der Waals surface area contributed by atoms with Crippen LogP contribution in [0.15, 0.2) is 41.3 Å². The standard InChI is InChI=1S/C17H16N2O2S2/c1-11-5-8-15-16(9-11)22-17(18-15)19-23(20,21)14-7-6-12-3-2-4-13(12)10-14/h5-10H,2-4H2,1H3,(H,18,19). The van der Waals surface area contributed by atoms with E-state index in [2.05, 4.69) is 9.71 Å². The molecule has 0 bridgehead atoms. The van der Waals surface area contributed by atoms with Gasteiger partial charge in [0, 0.05) is 0 Å². The fraction of sp³-hybridized carbons (Fsp3) is 0.235. The molecule has 1 aromatic heterocycles. The lowest BCUT2D eigenvalue weighted by atomic mass is 10.1. The monoisotopic (exact) mass is 344 g/mol. The summed E-state index contributed by atoms with van der Waals surface area (Å²) in [6, 6.07) is 11.3. The molecule has 4 rings (SSSR count). The van der Waals surface area contributed by atoms with E-state index in [4.69, 9.17) is 0 Å². The van der Waals surface area contributed by atoms with Gasteiger partial charge in [-0.25, -0.2) is 13.4 Å². The van der Waals surface area contributed by atoms with Crippen molar-refractivity contribution in [1.29, 1.82) is 0 Å². The average molecular weight is 344 g/mol. The topological polar surface area (TPSA) is 59.1 Å². The van der Waals surface area contributed by atoms with E-state index in [0.29, 0.717) is 10.0 Å². The molecule has 0 atom stereocenters. The van der Waals surface area contributed by atoms with Crippen LogP contribution >= 0.6 is 11.3 Å². The Morgan fingerprint density at radius 3 is 2.78 bits per heavy atom. The maximum atomic E-state index is 12.6. The first kappa shape index (κ1) is 14.7. The van der Waals surface area contributed by atoms with Gasteiger partial charge >= 0.3 is 0 Å². The molecule has 1 aliphatic carbocycles. The predicted octanol–water partition coefficient (Wildman–Crippen LogP) is 3.89. The van der Waals surface area contributed by atoms with Crippen LogP contribution in [0.4, 0.5) is 5.13 Å². The summed E-state index contributed by atoms with van der Waals surface area (Å²) in [6.45, 7) is 2.01. The van der Waals surface area contributed by atoms with Gasteiger partial charge in [-0.3, -0.25) is 4.72 Å². The van der Waals surface area contributed by atoms with Crippen molar-refractivity contribution in [3.05, 3.63) is 53.1 Å². The minimum atomic E-state index is -3.59. The number of fused-ring (bicyclic) bond motifs is 2. The zero-order chi connectivity index (χ0) is 16.0. The molecular weight excluding hydrogens is 328 g/mol. The molecule has 1 N–H and O–H groups in total. The normalized spacial score (nSPS) is 14.1. The first-order valence-corrected chi connectivity index (χ1v) is 9.83. The first-order valence-electron chi connectivity index (χ1n) is 7.53. The molecule has 0 saturated heterocycles. The van der Waals surface area contributed by atoms with Crippen molar-refractivity contribution in [2.45, 2.75) is 31.1 Å². The third kappa shape index (κ3) is 2.72. The number of thiazole rings is 1. The van der Waals surface area contributed by atoms with Gasteiger partial charge in [0.25, 0.3) is 10.0 Å². The van der Waals surface area contributed by atoms with Crippen LogP contribution in [0.5, 0.6) is 0 Å². The summed E-state index contributed by atoms with van der Waals surface area (Å²) in [6.07, 6.45) is 3.10. The first-order chi connectivity index (χ1) is 11.0. The minimum absolute atomic E-state index is 0.314. The van der Waals surface area contributed by atoms with E-state index < -0.39 is 10.0 Å². The number of nitrogens with zero attached hydrogens (tertiary/aromatic N) is 1. The van der Waals surface area contributed by atoms with Gasteiger partial charge in [-0.15, -0.1) is 0 Å². The molecule has 1 heterocycles. The van der Waals surface area contributed by atoms with Crippen LogP contribution in [0.3, 0.4) is 0 Å². The van der Waals surface area contributed by atoms with E-state index in [1.165, 1.54) is 16.9 Å². The highest BCUT2D eigenvalue weighted by Crippen LogP contribution is 2.30. The highest BCUT2D eigenvalue weighted by molar-refractivity contribution is 7.93. The van der Waals surface area contributed by atoms with Gasteiger partial charge in [0.15, 0.2) is 5.13 Å². The zero-order valence-corrected chi connectivity index (χ0v) is 14.3. The SMILES string of the molecule is Cc1ccc2nc(NS(=O)(=O)c3ccc4c(c3)CCC4)sc2c1. The number of anilines is 1. The molecule has 1 aliphatic rings. The molecule has 118 valence electrons. The van der Waals surface area contributed by atoms with Crippen molar-refractivity contribution in [2.75, 3.05) is 4.72 Å². The van der Waals surface area contributed by atoms with Gasteiger partial charge in [0.2, 0.25) is 0 Å². The van der Waals surface area contributed by atoms with Crippen molar-refractivity contribution in [1.82, 2.24) is 4.98 Å². The predicted molar refractivity (Wildman–Crippen MR) is 93.6 cm³/mol. The van der Waals surface area contributed by atoms with E-state index in [0.717, 1.165) is 40.6 Å². The van der Waals surface area contributed by atoms with Crippen LogP contribution in [-0.4, -0.2) is 13.4 Å². The van der Waals surface area contributed by atoms with Crippen molar-refractivity contribution in [3.63, 3.8) is 0 Å². The maximum Gasteiger partial charge on any atom is 0.263 e. The Labute approximate surface area is 139 Å². The van der Waals surface area contributed by atoms with Crippen LogP contribution in [0.25, 0.3) is 10.2 Å². The number of nitrogens with one attached hydrogen (secondary N) is 1. The fourth-order valence-corrected chi connectivity index (χ4v) is 5.21. The molecule has 0 unspecified atom stereocenters. The van der Waals surface area contributed by atoms with Crippen LogP contribution in [-0.2, 0) is 22.9 Å². The fourth-order valence-electron chi connectivity index (χ4n) is 2.96. The number of hydrogen-bond donors (Lipinski definition) is 1. The molecule has 2 aromatic carbocycles. The van der Waals surface area contributed by atoms with Gasteiger partial charge in [0.05, 0.1) is 15.1 Å².